The van der Waals surface area contributed by atoms with Crippen molar-refractivity contribution in [3.8, 4) is 5.75 Å². The highest BCUT2D eigenvalue weighted by molar-refractivity contribution is 7.89. The molecule has 0 unspecified atom stereocenters. The number of rotatable bonds is 7. The lowest BCUT2D eigenvalue weighted by atomic mass is 9.93. The van der Waals surface area contributed by atoms with Crippen LogP contribution in [0.1, 0.15) is 38.4 Å². The standard InChI is InChI=1S/C17H24N2O3S2/c1-5-22-13-6-8-14(9-7-13)24(20,21)18-11-10-16-19-15(12-23-16)17(2,3)4/h6-9,12,18H,5,10-11H2,1-4H3. The Labute approximate surface area is 148 Å². The minimum absolute atomic E-state index is 0.0105. The first-order valence-corrected chi connectivity index (χ1v) is 10.3. The molecule has 7 heteroatoms. The molecule has 5 nitrogen and oxygen atoms in total. The fourth-order valence-electron chi connectivity index (χ4n) is 2.03. The van der Waals surface area contributed by atoms with Gasteiger partial charge in [-0.25, -0.2) is 18.1 Å². The average Bonchev–Trinajstić information content (AvgIpc) is 2.97. The van der Waals surface area contributed by atoms with Crippen molar-refractivity contribution in [3.63, 3.8) is 0 Å². The third-order valence-corrected chi connectivity index (χ3v) is 5.78. The molecule has 0 saturated carbocycles. The van der Waals surface area contributed by atoms with Crippen molar-refractivity contribution in [2.45, 2.75) is 44.4 Å². The van der Waals surface area contributed by atoms with E-state index in [4.69, 9.17) is 4.74 Å². The fourth-order valence-corrected chi connectivity index (χ4v) is 4.08. The number of nitrogens with one attached hydrogen (secondary N) is 1. The van der Waals surface area contributed by atoms with Gasteiger partial charge in [0, 0.05) is 23.8 Å². The van der Waals surface area contributed by atoms with Gasteiger partial charge >= 0.3 is 0 Å². The first-order valence-electron chi connectivity index (χ1n) is 7.90. The van der Waals surface area contributed by atoms with Gasteiger partial charge in [0.05, 0.1) is 22.2 Å². The highest BCUT2D eigenvalue weighted by Gasteiger charge is 2.18. The van der Waals surface area contributed by atoms with E-state index in [1.54, 1.807) is 35.6 Å². The minimum atomic E-state index is -3.51. The van der Waals surface area contributed by atoms with Gasteiger partial charge in [0.25, 0.3) is 0 Å². The molecule has 2 aromatic rings. The number of aromatic nitrogens is 1. The van der Waals surface area contributed by atoms with Crippen LogP contribution in [0, 0.1) is 0 Å². The van der Waals surface area contributed by atoms with Crippen LogP contribution >= 0.6 is 11.3 Å². The Kier molecular flexibility index (Phi) is 6.01. The second kappa shape index (κ2) is 7.63. The molecule has 24 heavy (non-hydrogen) atoms. The Morgan fingerprint density at radius 2 is 1.88 bits per heavy atom. The maximum Gasteiger partial charge on any atom is 0.240 e. The summed E-state index contributed by atoms with van der Waals surface area (Å²) in [5, 5.41) is 2.98. The van der Waals surface area contributed by atoms with Crippen LogP contribution in [-0.2, 0) is 21.9 Å². The van der Waals surface area contributed by atoms with Crippen molar-refractivity contribution in [2.24, 2.45) is 0 Å². The van der Waals surface area contributed by atoms with E-state index in [1.807, 2.05) is 12.3 Å². The molecule has 132 valence electrons. The van der Waals surface area contributed by atoms with Crippen LogP contribution in [0.25, 0.3) is 0 Å². The molecule has 0 fully saturated rings. The molecule has 1 aromatic carbocycles. The van der Waals surface area contributed by atoms with E-state index in [2.05, 4.69) is 30.5 Å². The number of sulfonamides is 1. The number of nitrogens with zero attached hydrogens (tertiary/aromatic N) is 1. The normalized spacial score (nSPS) is 12.3. The predicted molar refractivity (Wildman–Crippen MR) is 97.3 cm³/mol. The summed E-state index contributed by atoms with van der Waals surface area (Å²) in [6.45, 7) is 9.10. The van der Waals surface area contributed by atoms with Crippen LogP contribution in [0.4, 0.5) is 0 Å². The van der Waals surface area contributed by atoms with Gasteiger partial charge in [0.1, 0.15) is 5.75 Å². The Hall–Kier alpha value is -1.44. The van der Waals surface area contributed by atoms with Crippen LogP contribution < -0.4 is 9.46 Å². The molecule has 0 atom stereocenters. The second-order valence-electron chi connectivity index (χ2n) is 6.43. The monoisotopic (exact) mass is 368 g/mol. The van der Waals surface area contributed by atoms with Gasteiger partial charge in [-0.1, -0.05) is 20.8 Å². The summed E-state index contributed by atoms with van der Waals surface area (Å²) in [6, 6.07) is 6.42. The van der Waals surface area contributed by atoms with Gasteiger partial charge in [-0.2, -0.15) is 0 Å². The molecular formula is C17H24N2O3S2. The van der Waals surface area contributed by atoms with Gasteiger partial charge in [-0.05, 0) is 31.2 Å². The Balaban J connectivity index is 1.94. The van der Waals surface area contributed by atoms with Crippen molar-refractivity contribution in [3.05, 3.63) is 40.3 Å². The molecule has 0 amide bonds. The second-order valence-corrected chi connectivity index (χ2v) is 9.14. The van der Waals surface area contributed by atoms with Crippen LogP contribution in [0.5, 0.6) is 5.75 Å². The summed E-state index contributed by atoms with van der Waals surface area (Å²) < 4.78 is 32.5. The first-order chi connectivity index (χ1) is 11.2. The average molecular weight is 369 g/mol. The Morgan fingerprint density at radius 1 is 1.21 bits per heavy atom. The zero-order valence-corrected chi connectivity index (χ0v) is 16.1. The number of benzene rings is 1. The van der Waals surface area contributed by atoms with Crippen LogP contribution in [0.3, 0.4) is 0 Å². The summed E-state index contributed by atoms with van der Waals surface area (Å²) in [5.74, 6) is 0.661. The quantitative estimate of drug-likeness (QED) is 0.814. The molecule has 0 aliphatic heterocycles. The molecule has 1 heterocycles. The SMILES string of the molecule is CCOc1ccc(S(=O)(=O)NCCc2nc(C(C)(C)C)cs2)cc1. The zero-order valence-electron chi connectivity index (χ0n) is 14.5. The van der Waals surface area contributed by atoms with E-state index in [1.165, 1.54) is 0 Å². The lowest BCUT2D eigenvalue weighted by Crippen LogP contribution is -2.26. The molecular weight excluding hydrogens is 344 g/mol. The first kappa shape index (κ1) is 18.9. The molecule has 1 N–H and O–H groups in total. The van der Waals surface area contributed by atoms with Crippen molar-refractivity contribution in [2.75, 3.05) is 13.2 Å². The summed E-state index contributed by atoms with van der Waals surface area (Å²) in [6.07, 6.45) is 0.580. The third kappa shape index (κ3) is 5.03. The molecule has 0 aliphatic rings. The lowest BCUT2D eigenvalue weighted by molar-refractivity contribution is 0.340. The number of thiazole rings is 1. The Bertz CT molecular complexity index is 760. The maximum atomic E-state index is 12.3. The van der Waals surface area contributed by atoms with Crippen molar-refractivity contribution in [1.82, 2.24) is 9.71 Å². The van der Waals surface area contributed by atoms with Crippen molar-refractivity contribution < 1.29 is 13.2 Å². The zero-order chi connectivity index (χ0) is 17.8. The van der Waals surface area contributed by atoms with Crippen LogP contribution in [-0.4, -0.2) is 26.6 Å². The largest absolute Gasteiger partial charge is 0.494 e. The molecule has 0 radical (unpaired) electrons. The summed E-state index contributed by atoms with van der Waals surface area (Å²) in [5.41, 5.74) is 1.05. The van der Waals surface area contributed by atoms with Crippen LogP contribution in [0.15, 0.2) is 34.5 Å². The van der Waals surface area contributed by atoms with Gasteiger partial charge in [-0.15, -0.1) is 11.3 Å². The summed E-state index contributed by atoms with van der Waals surface area (Å²) >= 11 is 1.57. The lowest BCUT2D eigenvalue weighted by Gasteiger charge is -2.14. The summed E-state index contributed by atoms with van der Waals surface area (Å²) in [7, 11) is -3.51. The van der Waals surface area contributed by atoms with Crippen molar-refractivity contribution in [1.29, 1.82) is 0 Å². The van der Waals surface area contributed by atoms with Crippen LogP contribution in [0.2, 0.25) is 0 Å². The van der Waals surface area contributed by atoms with E-state index < -0.39 is 10.0 Å². The molecule has 1 aromatic heterocycles. The van der Waals surface area contributed by atoms with Gasteiger partial charge in [0.15, 0.2) is 0 Å². The predicted octanol–water partition coefficient (Wildman–Crippen LogP) is 3.36. The molecule has 0 spiro atoms. The van der Waals surface area contributed by atoms with E-state index in [0.717, 1.165) is 10.7 Å². The topological polar surface area (TPSA) is 68.3 Å². The molecule has 2 rings (SSSR count). The number of ether oxygens (including phenoxy) is 1. The third-order valence-electron chi connectivity index (χ3n) is 3.40. The Morgan fingerprint density at radius 3 is 2.42 bits per heavy atom. The highest BCUT2D eigenvalue weighted by atomic mass is 32.2. The van der Waals surface area contributed by atoms with Gasteiger partial charge in [0.2, 0.25) is 10.0 Å². The van der Waals surface area contributed by atoms with E-state index in [-0.39, 0.29) is 10.3 Å². The van der Waals surface area contributed by atoms with Crippen molar-refractivity contribution >= 4 is 21.4 Å². The fraction of sp³-hybridized carbons (Fsp3) is 0.471. The van der Waals surface area contributed by atoms with Gasteiger partial charge < -0.3 is 4.74 Å². The van der Waals surface area contributed by atoms with E-state index in [9.17, 15) is 8.42 Å². The number of hydrogen-bond donors (Lipinski definition) is 1. The molecule has 0 bridgehead atoms. The molecule has 0 saturated heterocycles. The van der Waals surface area contributed by atoms with E-state index in [0.29, 0.717) is 25.3 Å². The smallest absolute Gasteiger partial charge is 0.240 e. The highest BCUT2D eigenvalue weighted by Crippen LogP contribution is 2.24. The maximum absolute atomic E-state index is 12.3. The minimum Gasteiger partial charge on any atom is -0.494 e. The van der Waals surface area contributed by atoms with E-state index >= 15 is 0 Å². The number of hydrogen-bond acceptors (Lipinski definition) is 5. The van der Waals surface area contributed by atoms with Gasteiger partial charge in [-0.3, -0.25) is 0 Å². The summed E-state index contributed by atoms with van der Waals surface area (Å²) in [4.78, 5) is 4.81. The molecule has 0 aliphatic carbocycles.